The van der Waals surface area contributed by atoms with Crippen LogP contribution < -0.4 is 5.32 Å². The van der Waals surface area contributed by atoms with E-state index in [0.717, 1.165) is 13.2 Å². The molecule has 1 N–H and O–H groups in total. The number of hydrogen-bond donors (Lipinski definition) is 1. The SMILES string of the molecule is C[C@H]1CN(CC2(C)COC2)CCCN1. The van der Waals surface area contributed by atoms with E-state index in [1.807, 2.05) is 0 Å². The molecule has 0 amide bonds. The number of ether oxygens (including phenoxy) is 1. The molecule has 2 aliphatic heterocycles. The average molecular weight is 198 g/mol. The van der Waals surface area contributed by atoms with Crippen LogP contribution in [0.4, 0.5) is 0 Å². The van der Waals surface area contributed by atoms with Crippen LogP contribution in [0.15, 0.2) is 0 Å². The molecule has 0 spiro atoms. The van der Waals surface area contributed by atoms with Crippen LogP contribution in [0.5, 0.6) is 0 Å². The van der Waals surface area contributed by atoms with Crippen LogP contribution in [0.1, 0.15) is 20.3 Å². The standard InChI is InChI=1S/C11H22N2O/c1-10-6-13(5-3-4-12-10)7-11(2)8-14-9-11/h10,12H,3-9H2,1-2H3/t10-/m0/s1. The molecular formula is C11H22N2O. The van der Waals surface area contributed by atoms with Gasteiger partial charge in [-0.25, -0.2) is 0 Å². The van der Waals surface area contributed by atoms with Gasteiger partial charge in [0.15, 0.2) is 0 Å². The Morgan fingerprint density at radius 2 is 2.29 bits per heavy atom. The zero-order valence-corrected chi connectivity index (χ0v) is 9.38. The molecular weight excluding hydrogens is 176 g/mol. The summed E-state index contributed by atoms with van der Waals surface area (Å²) in [6.45, 7) is 11.3. The number of nitrogens with one attached hydrogen (secondary N) is 1. The third-order valence-electron chi connectivity index (χ3n) is 3.18. The normalized spacial score (nSPS) is 33.4. The summed E-state index contributed by atoms with van der Waals surface area (Å²) >= 11 is 0. The molecule has 2 heterocycles. The van der Waals surface area contributed by atoms with Crippen LogP contribution in [0, 0.1) is 5.41 Å². The molecule has 0 aromatic heterocycles. The quantitative estimate of drug-likeness (QED) is 0.707. The monoisotopic (exact) mass is 198 g/mol. The minimum Gasteiger partial charge on any atom is -0.380 e. The molecule has 0 aliphatic carbocycles. The first-order chi connectivity index (χ1) is 6.68. The fourth-order valence-corrected chi connectivity index (χ4v) is 2.42. The van der Waals surface area contributed by atoms with Gasteiger partial charge in [-0.2, -0.15) is 0 Å². The van der Waals surface area contributed by atoms with Crippen LogP contribution in [-0.4, -0.2) is 50.3 Å². The van der Waals surface area contributed by atoms with Gasteiger partial charge in [0.2, 0.25) is 0 Å². The molecule has 2 saturated heterocycles. The minimum atomic E-state index is 0.435. The van der Waals surface area contributed by atoms with Gasteiger partial charge >= 0.3 is 0 Å². The van der Waals surface area contributed by atoms with Crippen molar-refractivity contribution in [3.8, 4) is 0 Å². The van der Waals surface area contributed by atoms with Gasteiger partial charge < -0.3 is 15.0 Å². The Morgan fingerprint density at radius 1 is 1.50 bits per heavy atom. The summed E-state index contributed by atoms with van der Waals surface area (Å²) in [5.74, 6) is 0. The van der Waals surface area contributed by atoms with Gasteiger partial charge in [0.1, 0.15) is 0 Å². The highest BCUT2D eigenvalue weighted by molar-refractivity contribution is 4.86. The van der Waals surface area contributed by atoms with Crippen LogP contribution in [-0.2, 0) is 4.74 Å². The number of hydrogen-bond acceptors (Lipinski definition) is 3. The van der Waals surface area contributed by atoms with Crippen molar-refractivity contribution in [2.45, 2.75) is 26.3 Å². The summed E-state index contributed by atoms with van der Waals surface area (Å²) in [4.78, 5) is 2.59. The van der Waals surface area contributed by atoms with Gasteiger partial charge in [0, 0.05) is 24.5 Å². The van der Waals surface area contributed by atoms with E-state index in [1.54, 1.807) is 0 Å². The molecule has 14 heavy (non-hydrogen) atoms. The topological polar surface area (TPSA) is 24.5 Å². The van der Waals surface area contributed by atoms with Crippen molar-refractivity contribution in [3.63, 3.8) is 0 Å². The summed E-state index contributed by atoms with van der Waals surface area (Å²) in [6.07, 6.45) is 1.28. The molecule has 1 atom stereocenters. The highest BCUT2D eigenvalue weighted by Gasteiger charge is 2.35. The van der Waals surface area contributed by atoms with Crippen molar-refractivity contribution in [2.75, 3.05) is 39.4 Å². The largest absolute Gasteiger partial charge is 0.380 e. The van der Waals surface area contributed by atoms with E-state index < -0.39 is 0 Å². The van der Waals surface area contributed by atoms with Gasteiger partial charge in [-0.3, -0.25) is 0 Å². The number of nitrogens with zero attached hydrogens (tertiary/aromatic N) is 1. The van der Waals surface area contributed by atoms with Crippen LogP contribution >= 0.6 is 0 Å². The lowest BCUT2D eigenvalue weighted by atomic mass is 9.88. The van der Waals surface area contributed by atoms with Crippen molar-refractivity contribution >= 4 is 0 Å². The van der Waals surface area contributed by atoms with E-state index in [4.69, 9.17) is 4.74 Å². The average Bonchev–Trinajstić information content (AvgIpc) is 2.27. The van der Waals surface area contributed by atoms with Crippen LogP contribution in [0.2, 0.25) is 0 Å². The van der Waals surface area contributed by atoms with Gasteiger partial charge in [-0.05, 0) is 26.4 Å². The molecule has 82 valence electrons. The summed E-state index contributed by atoms with van der Waals surface area (Å²) in [5.41, 5.74) is 0.435. The van der Waals surface area contributed by atoms with Crippen molar-refractivity contribution < 1.29 is 4.74 Å². The number of rotatable bonds is 2. The van der Waals surface area contributed by atoms with Gasteiger partial charge in [-0.15, -0.1) is 0 Å². The zero-order chi connectivity index (χ0) is 10.0. The molecule has 0 bridgehead atoms. The first kappa shape index (κ1) is 10.4. The lowest BCUT2D eigenvalue weighted by Gasteiger charge is -2.42. The van der Waals surface area contributed by atoms with Crippen LogP contribution in [0.3, 0.4) is 0 Å². The lowest BCUT2D eigenvalue weighted by molar-refractivity contribution is -0.115. The van der Waals surface area contributed by atoms with E-state index in [-0.39, 0.29) is 0 Å². The van der Waals surface area contributed by atoms with Gasteiger partial charge in [-0.1, -0.05) is 6.92 Å². The zero-order valence-electron chi connectivity index (χ0n) is 9.38. The lowest BCUT2D eigenvalue weighted by Crippen LogP contribution is -2.50. The van der Waals surface area contributed by atoms with E-state index in [1.165, 1.54) is 32.6 Å². The first-order valence-corrected chi connectivity index (χ1v) is 5.71. The predicted octanol–water partition coefficient (Wildman–Crippen LogP) is 0.707. The minimum absolute atomic E-state index is 0.435. The van der Waals surface area contributed by atoms with Gasteiger partial charge in [0.05, 0.1) is 13.2 Å². The van der Waals surface area contributed by atoms with E-state index >= 15 is 0 Å². The van der Waals surface area contributed by atoms with Gasteiger partial charge in [0.25, 0.3) is 0 Å². The second kappa shape index (κ2) is 4.17. The van der Waals surface area contributed by atoms with Crippen molar-refractivity contribution in [2.24, 2.45) is 5.41 Å². The summed E-state index contributed by atoms with van der Waals surface area (Å²) in [6, 6.07) is 0.641. The molecule has 2 rings (SSSR count). The summed E-state index contributed by atoms with van der Waals surface area (Å²) in [7, 11) is 0. The molecule has 0 unspecified atom stereocenters. The van der Waals surface area contributed by atoms with Crippen molar-refractivity contribution in [3.05, 3.63) is 0 Å². The first-order valence-electron chi connectivity index (χ1n) is 5.71. The van der Waals surface area contributed by atoms with Crippen molar-refractivity contribution in [1.82, 2.24) is 10.2 Å². The highest BCUT2D eigenvalue weighted by Crippen LogP contribution is 2.27. The Bertz CT molecular complexity index is 192. The van der Waals surface area contributed by atoms with Crippen molar-refractivity contribution in [1.29, 1.82) is 0 Å². The molecule has 0 aromatic carbocycles. The maximum atomic E-state index is 5.30. The Balaban J connectivity index is 1.83. The maximum absolute atomic E-state index is 5.30. The van der Waals surface area contributed by atoms with E-state index in [2.05, 4.69) is 24.1 Å². The predicted molar refractivity (Wildman–Crippen MR) is 57.4 cm³/mol. The summed E-state index contributed by atoms with van der Waals surface area (Å²) in [5, 5.41) is 3.52. The molecule has 3 nitrogen and oxygen atoms in total. The molecule has 0 saturated carbocycles. The molecule has 0 aromatic rings. The molecule has 3 heteroatoms. The summed E-state index contributed by atoms with van der Waals surface area (Å²) < 4.78 is 5.30. The molecule has 2 aliphatic rings. The molecule has 0 radical (unpaired) electrons. The fourth-order valence-electron chi connectivity index (χ4n) is 2.42. The highest BCUT2D eigenvalue weighted by atomic mass is 16.5. The van der Waals surface area contributed by atoms with Crippen LogP contribution in [0.25, 0.3) is 0 Å². The Hall–Kier alpha value is -0.120. The second-order valence-electron chi connectivity index (χ2n) is 5.25. The van der Waals surface area contributed by atoms with E-state index in [9.17, 15) is 0 Å². The Kier molecular flexibility index (Phi) is 3.10. The Morgan fingerprint density at radius 3 is 2.93 bits per heavy atom. The maximum Gasteiger partial charge on any atom is 0.0554 e. The Labute approximate surface area is 86.8 Å². The third-order valence-corrected chi connectivity index (χ3v) is 3.18. The third kappa shape index (κ3) is 2.47. The fraction of sp³-hybridized carbons (Fsp3) is 1.00. The second-order valence-corrected chi connectivity index (χ2v) is 5.25. The molecule has 2 fully saturated rings. The van der Waals surface area contributed by atoms with E-state index in [0.29, 0.717) is 11.5 Å². The smallest absolute Gasteiger partial charge is 0.0554 e.